The molecule has 1 heterocycles. The molecule has 2 aliphatic rings. The van der Waals surface area contributed by atoms with E-state index in [0.29, 0.717) is 5.92 Å². The van der Waals surface area contributed by atoms with E-state index in [-0.39, 0.29) is 11.8 Å². The Kier molecular flexibility index (Phi) is 2.90. The molecule has 0 saturated heterocycles. The van der Waals surface area contributed by atoms with E-state index in [1.54, 1.807) is 0 Å². The van der Waals surface area contributed by atoms with Gasteiger partial charge in [-0.1, -0.05) is 19.3 Å². The van der Waals surface area contributed by atoms with Gasteiger partial charge in [0.15, 0.2) is 0 Å². The summed E-state index contributed by atoms with van der Waals surface area (Å²) in [6.07, 6.45) is 7.49. The summed E-state index contributed by atoms with van der Waals surface area (Å²) < 4.78 is 5.68. The average molecular weight is 249 g/mol. The van der Waals surface area contributed by atoms with E-state index in [4.69, 9.17) is 10.2 Å². The van der Waals surface area contributed by atoms with Crippen LogP contribution in [0.25, 0.3) is 0 Å². The maximum absolute atomic E-state index is 11.2. The van der Waals surface area contributed by atoms with Crippen molar-refractivity contribution in [2.75, 3.05) is 0 Å². The zero-order valence-electron chi connectivity index (χ0n) is 10.4. The minimum atomic E-state index is -0.956. The third-order valence-corrected chi connectivity index (χ3v) is 4.32. The summed E-state index contributed by atoms with van der Waals surface area (Å²) in [5.41, 5.74) is 7.98. The predicted molar refractivity (Wildman–Crippen MR) is 66.7 cm³/mol. The molecule has 1 aromatic rings. The smallest absolute Gasteiger partial charge is 0.372 e. The Bertz CT molecular complexity index is 472. The Balaban J connectivity index is 2.03. The maximum atomic E-state index is 11.2. The van der Waals surface area contributed by atoms with Gasteiger partial charge in [0.05, 0.1) is 0 Å². The second-order valence-electron chi connectivity index (χ2n) is 5.47. The number of hydrogen-bond donors (Lipinski definition) is 2. The number of nitrogens with two attached hydrogens (primary N) is 1. The molecule has 0 bridgehead atoms. The number of carboxylic acids is 1. The molecule has 98 valence electrons. The minimum absolute atomic E-state index is 0.0335. The van der Waals surface area contributed by atoms with Gasteiger partial charge >= 0.3 is 5.97 Å². The van der Waals surface area contributed by atoms with E-state index < -0.39 is 5.97 Å². The van der Waals surface area contributed by atoms with Crippen molar-refractivity contribution in [2.45, 2.75) is 56.9 Å². The Labute approximate surface area is 106 Å². The van der Waals surface area contributed by atoms with Gasteiger partial charge in [-0.25, -0.2) is 4.79 Å². The van der Waals surface area contributed by atoms with Gasteiger partial charge in [0.25, 0.3) is 0 Å². The van der Waals surface area contributed by atoms with Gasteiger partial charge in [-0.2, -0.15) is 0 Å². The van der Waals surface area contributed by atoms with Crippen molar-refractivity contribution in [1.29, 1.82) is 0 Å². The Morgan fingerprint density at radius 3 is 2.61 bits per heavy atom. The first kappa shape index (κ1) is 11.8. The quantitative estimate of drug-likeness (QED) is 0.844. The maximum Gasteiger partial charge on any atom is 0.372 e. The predicted octanol–water partition coefficient (Wildman–Crippen LogP) is 2.97. The van der Waals surface area contributed by atoms with Crippen LogP contribution in [0.5, 0.6) is 0 Å². The molecule has 4 nitrogen and oxygen atoms in total. The largest absolute Gasteiger partial charge is 0.475 e. The van der Waals surface area contributed by atoms with Crippen LogP contribution in [0.1, 0.15) is 77.9 Å². The van der Waals surface area contributed by atoms with Gasteiger partial charge in [-0.15, -0.1) is 0 Å². The minimum Gasteiger partial charge on any atom is -0.475 e. The highest BCUT2D eigenvalue weighted by molar-refractivity contribution is 5.87. The summed E-state index contributed by atoms with van der Waals surface area (Å²) in [6, 6.07) is -0.0335. The van der Waals surface area contributed by atoms with Crippen LogP contribution in [0.2, 0.25) is 0 Å². The average Bonchev–Trinajstić information content (AvgIpc) is 2.92. The molecule has 2 aliphatic carbocycles. The van der Waals surface area contributed by atoms with Crippen LogP contribution in [-0.4, -0.2) is 11.1 Å². The van der Waals surface area contributed by atoms with Crippen LogP contribution >= 0.6 is 0 Å². The van der Waals surface area contributed by atoms with Gasteiger partial charge in [0, 0.05) is 23.1 Å². The molecular weight excluding hydrogens is 230 g/mol. The first-order valence-corrected chi connectivity index (χ1v) is 6.82. The molecule has 3 rings (SSSR count). The van der Waals surface area contributed by atoms with Crippen molar-refractivity contribution in [1.82, 2.24) is 0 Å². The third kappa shape index (κ3) is 1.75. The number of carbonyl (C=O) groups is 1. The molecule has 1 atom stereocenters. The van der Waals surface area contributed by atoms with Crippen molar-refractivity contribution in [3.05, 3.63) is 22.6 Å². The van der Waals surface area contributed by atoms with E-state index in [0.717, 1.165) is 42.6 Å². The first-order valence-electron chi connectivity index (χ1n) is 6.82. The molecule has 0 amide bonds. The van der Waals surface area contributed by atoms with E-state index in [9.17, 15) is 9.90 Å². The number of carboxylic acid groups (broad SMARTS) is 1. The molecule has 0 aromatic carbocycles. The van der Waals surface area contributed by atoms with Crippen molar-refractivity contribution in [3.63, 3.8) is 0 Å². The molecule has 1 aromatic heterocycles. The Hall–Kier alpha value is -1.29. The van der Waals surface area contributed by atoms with E-state index in [2.05, 4.69) is 0 Å². The summed E-state index contributed by atoms with van der Waals surface area (Å²) in [5, 5.41) is 9.21. The first-order chi connectivity index (χ1) is 8.68. The highest BCUT2D eigenvalue weighted by atomic mass is 16.4. The number of rotatable bonds is 2. The lowest BCUT2D eigenvalue weighted by atomic mass is 9.85. The molecule has 0 spiro atoms. The van der Waals surface area contributed by atoms with Gasteiger partial charge in [0.1, 0.15) is 5.76 Å². The number of furan rings is 1. The Morgan fingerprint density at radius 1 is 1.22 bits per heavy atom. The zero-order valence-corrected chi connectivity index (χ0v) is 10.4. The summed E-state index contributed by atoms with van der Waals surface area (Å²) in [4.78, 5) is 11.2. The molecular formula is C14H19NO3. The van der Waals surface area contributed by atoms with Gasteiger partial charge in [-0.3, -0.25) is 0 Å². The van der Waals surface area contributed by atoms with Gasteiger partial charge in [0.2, 0.25) is 5.76 Å². The van der Waals surface area contributed by atoms with Crippen molar-refractivity contribution < 1.29 is 14.3 Å². The van der Waals surface area contributed by atoms with Crippen LogP contribution in [-0.2, 0) is 6.42 Å². The lowest BCUT2D eigenvalue weighted by Crippen LogP contribution is -2.11. The number of hydrogen-bond acceptors (Lipinski definition) is 3. The molecule has 1 fully saturated rings. The van der Waals surface area contributed by atoms with Crippen LogP contribution in [0, 0.1) is 0 Å². The van der Waals surface area contributed by atoms with Crippen LogP contribution in [0.4, 0.5) is 0 Å². The van der Waals surface area contributed by atoms with Crippen LogP contribution < -0.4 is 5.73 Å². The second-order valence-corrected chi connectivity index (χ2v) is 5.47. The van der Waals surface area contributed by atoms with Crippen molar-refractivity contribution in [2.24, 2.45) is 5.73 Å². The molecule has 18 heavy (non-hydrogen) atoms. The van der Waals surface area contributed by atoms with E-state index in [1.807, 2.05) is 0 Å². The van der Waals surface area contributed by atoms with Crippen LogP contribution in [0.15, 0.2) is 4.42 Å². The third-order valence-electron chi connectivity index (χ3n) is 4.32. The monoisotopic (exact) mass is 249 g/mol. The topological polar surface area (TPSA) is 76.5 Å². The molecule has 0 radical (unpaired) electrons. The molecule has 4 heteroatoms. The fourth-order valence-electron chi connectivity index (χ4n) is 3.44. The van der Waals surface area contributed by atoms with E-state index >= 15 is 0 Å². The van der Waals surface area contributed by atoms with E-state index in [1.165, 1.54) is 19.3 Å². The number of fused-ring (bicyclic) bond motifs is 1. The molecule has 0 aliphatic heterocycles. The fourth-order valence-corrected chi connectivity index (χ4v) is 3.44. The Morgan fingerprint density at radius 2 is 1.94 bits per heavy atom. The highest BCUT2D eigenvalue weighted by Gasteiger charge is 2.35. The summed E-state index contributed by atoms with van der Waals surface area (Å²) >= 11 is 0. The number of aromatic carboxylic acids is 1. The van der Waals surface area contributed by atoms with Crippen molar-refractivity contribution >= 4 is 5.97 Å². The highest BCUT2D eigenvalue weighted by Crippen LogP contribution is 2.44. The normalized spacial score (nSPS) is 24.2. The standard InChI is InChI=1S/C14H19NO3/c15-10-7-6-9-11(10)12(18-13(9)14(16)17)8-4-2-1-3-5-8/h8,10H,1-7,15H2,(H,16,17). The summed E-state index contributed by atoms with van der Waals surface area (Å²) in [6.45, 7) is 0. The zero-order chi connectivity index (χ0) is 12.7. The summed E-state index contributed by atoms with van der Waals surface area (Å²) in [7, 11) is 0. The van der Waals surface area contributed by atoms with Crippen molar-refractivity contribution in [3.8, 4) is 0 Å². The van der Waals surface area contributed by atoms with Gasteiger partial charge < -0.3 is 15.3 Å². The SMILES string of the molecule is NC1CCc2c(C(=O)O)oc(C3CCCCC3)c21. The second kappa shape index (κ2) is 4.43. The molecule has 1 saturated carbocycles. The lowest BCUT2D eigenvalue weighted by Gasteiger charge is -2.21. The van der Waals surface area contributed by atoms with Gasteiger partial charge in [-0.05, 0) is 25.7 Å². The summed E-state index contributed by atoms with van der Waals surface area (Å²) in [5.74, 6) is 0.442. The fraction of sp³-hybridized carbons (Fsp3) is 0.643. The molecule has 3 N–H and O–H groups in total. The molecule has 1 unspecified atom stereocenters. The van der Waals surface area contributed by atoms with Crippen LogP contribution in [0.3, 0.4) is 0 Å². The lowest BCUT2D eigenvalue weighted by molar-refractivity contribution is 0.0657.